The quantitative estimate of drug-likeness (QED) is 0.321. The average Bonchev–Trinajstić information content (AvgIpc) is 3.12. The summed E-state index contributed by atoms with van der Waals surface area (Å²) in [7, 11) is 2.04. The Kier molecular flexibility index (Phi) is 11.3. The lowest BCUT2D eigenvalue weighted by Gasteiger charge is -2.40. The van der Waals surface area contributed by atoms with Gasteiger partial charge in [-0.2, -0.15) is 0 Å². The summed E-state index contributed by atoms with van der Waals surface area (Å²) in [6, 6.07) is -0.114. The van der Waals surface area contributed by atoms with Crippen molar-refractivity contribution in [3.8, 4) is 0 Å². The van der Waals surface area contributed by atoms with Crippen LogP contribution in [0.1, 0.15) is 86.9 Å². The van der Waals surface area contributed by atoms with Gasteiger partial charge < -0.3 is 20.5 Å². The molecule has 0 spiro atoms. The van der Waals surface area contributed by atoms with Crippen LogP contribution in [0.5, 0.6) is 0 Å². The Hall–Kier alpha value is -2.01. The third-order valence-electron chi connectivity index (χ3n) is 7.67. The van der Waals surface area contributed by atoms with E-state index < -0.39 is 35.7 Å². The van der Waals surface area contributed by atoms with Crippen molar-refractivity contribution in [1.29, 1.82) is 0 Å². The van der Waals surface area contributed by atoms with E-state index in [1.54, 1.807) is 0 Å². The number of aliphatic hydroxyl groups excluding tert-OH is 1. The van der Waals surface area contributed by atoms with Gasteiger partial charge in [0, 0.05) is 42.3 Å². The molecule has 10 nitrogen and oxygen atoms in total. The third-order valence-corrected chi connectivity index (χ3v) is 7.67. The van der Waals surface area contributed by atoms with E-state index in [-0.39, 0.29) is 54.2 Å². The predicted octanol–water partition coefficient (Wildman–Crippen LogP) is 2.04. The molecule has 2 rings (SSSR count). The van der Waals surface area contributed by atoms with Gasteiger partial charge in [0.05, 0.1) is 6.10 Å². The van der Waals surface area contributed by atoms with Gasteiger partial charge >= 0.3 is 5.69 Å². The fourth-order valence-electron chi connectivity index (χ4n) is 5.53. The second-order valence-electron chi connectivity index (χ2n) is 12.3. The molecule has 1 aromatic rings. The minimum Gasteiger partial charge on any atom is -0.388 e. The molecule has 2 heterocycles. The van der Waals surface area contributed by atoms with Crippen molar-refractivity contribution in [2.75, 3.05) is 13.6 Å². The van der Waals surface area contributed by atoms with Crippen LogP contribution in [0.2, 0.25) is 0 Å². The zero-order valence-electron chi connectivity index (χ0n) is 25.1. The highest BCUT2D eigenvalue weighted by Crippen LogP contribution is 2.37. The van der Waals surface area contributed by atoms with E-state index in [1.165, 1.54) is 10.8 Å². The van der Waals surface area contributed by atoms with Crippen LogP contribution in [0.4, 0.5) is 0 Å². The minimum absolute atomic E-state index is 0.0278. The summed E-state index contributed by atoms with van der Waals surface area (Å²) in [6.45, 7) is 20.4. The maximum atomic E-state index is 13.6. The normalized spacial score (nSPS) is 23.8. The molecule has 0 radical (unpaired) electrons. The molecule has 1 saturated heterocycles. The molecule has 6 unspecified atom stereocenters. The first kappa shape index (κ1) is 32.2. The van der Waals surface area contributed by atoms with Crippen LogP contribution in [0.15, 0.2) is 15.8 Å². The Bertz CT molecular complexity index is 1030. The van der Waals surface area contributed by atoms with Crippen molar-refractivity contribution in [2.24, 2.45) is 17.8 Å². The van der Waals surface area contributed by atoms with Crippen LogP contribution in [-0.4, -0.2) is 75.4 Å². The van der Waals surface area contributed by atoms with Crippen LogP contribution in [0.3, 0.4) is 0 Å². The van der Waals surface area contributed by atoms with E-state index in [0.29, 0.717) is 5.56 Å². The molecular formula is C28H51N5O5. The molecule has 1 aliphatic heterocycles. The number of hydrogen-bond donors (Lipinski definition) is 4. The average molecular weight is 538 g/mol. The number of aromatic amines is 1. The van der Waals surface area contributed by atoms with E-state index >= 15 is 0 Å². The zero-order chi connectivity index (χ0) is 29.1. The Balaban J connectivity index is 2.32. The Morgan fingerprint density at radius 1 is 1.11 bits per heavy atom. The van der Waals surface area contributed by atoms with Crippen LogP contribution < -0.4 is 21.9 Å². The Morgan fingerprint density at radius 2 is 1.71 bits per heavy atom. The number of H-pyrrole nitrogens is 1. The molecule has 0 bridgehead atoms. The Labute approximate surface area is 227 Å². The first-order valence-corrected chi connectivity index (χ1v) is 14.0. The summed E-state index contributed by atoms with van der Waals surface area (Å²) in [4.78, 5) is 43.1. The first-order valence-electron chi connectivity index (χ1n) is 14.0. The molecule has 218 valence electrons. The van der Waals surface area contributed by atoms with Crippen molar-refractivity contribution < 1.29 is 14.6 Å². The van der Waals surface area contributed by atoms with Gasteiger partial charge in [-0.15, -0.1) is 0 Å². The lowest BCUT2D eigenvalue weighted by Crippen LogP contribution is -2.61. The van der Waals surface area contributed by atoms with Gasteiger partial charge in [0.25, 0.3) is 5.56 Å². The number of likely N-dealkylation sites (N-methyl/N-ethyl adjacent to an activating group) is 1. The van der Waals surface area contributed by atoms with E-state index in [4.69, 9.17) is 4.74 Å². The molecule has 1 fully saturated rings. The number of amides is 1. The van der Waals surface area contributed by atoms with Crippen molar-refractivity contribution in [3.05, 3.63) is 32.6 Å². The van der Waals surface area contributed by atoms with Crippen molar-refractivity contribution in [3.63, 3.8) is 0 Å². The topological polar surface area (TPSA) is 129 Å². The van der Waals surface area contributed by atoms with Crippen molar-refractivity contribution in [2.45, 2.75) is 118 Å². The molecule has 0 aromatic carbocycles. The molecule has 6 atom stereocenters. The number of carbonyl (C=O) groups excluding carboxylic acids is 1. The number of nitrogens with one attached hydrogen (secondary N) is 3. The van der Waals surface area contributed by atoms with Crippen LogP contribution in [-0.2, 0) is 9.53 Å². The summed E-state index contributed by atoms with van der Waals surface area (Å²) in [6.07, 6.45) is -0.984. The summed E-state index contributed by atoms with van der Waals surface area (Å²) < 4.78 is 7.51. The fourth-order valence-corrected chi connectivity index (χ4v) is 5.53. The third kappa shape index (κ3) is 7.34. The molecule has 38 heavy (non-hydrogen) atoms. The van der Waals surface area contributed by atoms with Crippen molar-refractivity contribution in [1.82, 2.24) is 25.1 Å². The maximum absolute atomic E-state index is 13.6. The summed E-state index contributed by atoms with van der Waals surface area (Å²) in [5.41, 5.74) is -0.629. The standard InChI is InChI=1S/C28H51N5O5/c1-14(2)19-13-33(28(37)31-25(19)35)27-24(34)21(15(3)4)20(38-27)12-29-26(36)22(30-17(7)8)23(16(5)6)32(11)18(9)10/h13-18,20-24,27,30,34H,12H2,1-11H3,(H,29,36)(H,31,35,37). The zero-order valence-corrected chi connectivity index (χ0v) is 25.1. The lowest BCUT2D eigenvalue weighted by atomic mass is 9.86. The van der Waals surface area contributed by atoms with Crippen molar-refractivity contribution >= 4 is 5.91 Å². The van der Waals surface area contributed by atoms with Gasteiger partial charge in [-0.1, -0.05) is 55.4 Å². The van der Waals surface area contributed by atoms with Gasteiger partial charge in [-0.3, -0.25) is 24.0 Å². The van der Waals surface area contributed by atoms with Crippen LogP contribution >= 0.6 is 0 Å². The summed E-state index contributed by atoms with van der Waals surface area (Å²) in [5.74, 6) is -0.304. The van der Waals surface area contributed by atoms with E-state index in [9.17, 15) is 19.5 Å². The lowest BCUT2D eigenvalue weighted by molar-refractivity contribution is -0.126. The molecule has 1 amide bonds. The molecule has 10 heteroatoms. The molecule has 4 N–H and O–H groups in total. The number of nitrogens with zero attached hydrogens (tertiary/aromatic N) is 2. The summed E-state index contributed by atoms with van der Waals surface area (Å²) in [5, 5.41) is 17.8. The van der Waals surface area contributed by atoms with E-state index in [2.05, 4.69) is 48.2 Å². The number of hydrogen-bond acceptors (Lipinski definition) is 7. The summed E-state index contributed by atoms with van der Waals surface area (Å²) >= 11 is 0. The highest BCUT2D eigenvalue weighted by Gasteiger charge is 2.47. The smallest absolute Gasteiger partial charge is 0.330 e. The maximum Gasteiger partial charge on any atom is 0.330 e. The fraction of sp³-hybridized carbons (Fsp3) is 0.821. The van der Waals surface area contributed by atoms with Gasteiger partial charge in [0.2, 0.25) is 5.91 Å². The monoisotopic (exact) mass is 537 g/mol. The van der Waals surface area contributed by atoms with Gasteiger partial charge in [-0.05, 0) is 38.6 Å². The molecule has 1 aromatic heterocycles. The number of aromatic nitrogens is 2. The number of rotatable bonds is 12. The van der Waals surface area contributed by atoms with Crippen LogP contribution in [0, 0.1) is 17.8 Å². The SMILES string of the molecule is CC(C)NC(C(=O)NCC1OC(n2cc(C(C)C)c(=O)[nH]c2=O)C(O)C1C(C)C)C(C(C)C)N(C)C(C)C. The molecule has 0 saturated carbocycles. The molecule has 0 aliphatic carbocycles. The second kappa shape index (κ2) is 13.4. The Morgan fingerprint density at radius 3 is 2.18 bits per heavy atom. The van der Waals surface area contributed by atoms with E-state index in [1.807, 2.05) is 48.6 Å². The van der Waals surface area contributed by atoms with Gasteiger partial charge in [0.15, 0.2) is 6.23 Å². The van der Waals surface area contributed by atoms with E-state index in [0.717, 1.165) is 0 Å². The number of aliphatic hydroxyl groups is 1. The molecular weight excluding hydrogens is 486 g/mol. The molecule has 1 aliphatic rings. The van der Waals surface area contributed by atoms with Gasteiger partial charge in [0.1, 0.15) is 12.1 Å². The second-order valence-corrected chi connectivity index (χ2v) is 12.3. The first-order chi connectivity index (χ1) is 17.6. The predicted molar refractivity (Wildman–Crippen MR) is 150 cm³/mol. The number of ether oxygens (including phenoxy) is 1. The number of carbonyl (C=O) groups is 1. The largest absolute Gasteiger partial charge is 0.388 e. The highest BCUT2D eigenvalue weighted by atomic mass is 16.5. The minimum atomic E-state index is -0.986. The van der Waals surface area contributed by atoms with Gasteiger partial charge in [-0.25, -0.2) is 4.79 Å². The highest BCUT2D eigenvalue weighted by molar-refractivity contribution is 5.82. The van der Waals surface area contributed by atoms with Crippen LogP contribution in [0.25, 0.3) is 0 Å².